The number of benzene rings is 1. The molecule has 4 heteroatoms. The van der Waals surface area contributed by atoms with Gasteiger partial charge in [-0.1, -0.05) is 12.5 Å². The minimum absolute atomic E-state index is 0.0534. The first-order valence-electron chi connectivity index (χ1n) is 6.50. The van der Waals surface area contributed by atoms with Crippen molar-refractivity contribution in [1.29, 1.82) is 0 Å². The summed E-state index contributed by atoms with van der Waals surface area (Å²) in [5.74, 6) is 6.03. The zero-order chi connectivity index (χ0) is 13.1. The van der Waals surface area contributed by atoms with Crippen molar-refractivity contribution in [2.24, 2.45) is 11.8 Å². The molecule has 1 aliphatic rings. The number of carbonyl (C=O) groups is 1. The second-order valence-electron chi connectivity index (χ2n) is 5.15. The highest BCUT2D eigenvalue weighted by molar-refractivity contribution is 5.99. The van der Waals surface area contributed by atoms with E-state index in [1.165, 1.54) is 19.3 Å². The molecule has 2 rings (SSSR count). The van der Waals surface area contributed by atoms with Gasteiger partial charge < -0.3 is 10.7 Å². The first-order chi connectivity index (χ1) is 8.61. The standard InChI is InChI=1S/C14H21N3O/c1-9-6-7-12(13(8-9)17-15)14(18)16-10(2)11-4-3-5-11/h6-8,10-11,17H,3-5,15H2,1-2H3,(H,16,18). The molecule has 1 aromatic rings. The Morgan fingerprint density at radius 1 is 1.44 bits per heavy atom. The Morgan fingerprint density at radius 3 is 2.72 bits per heavy atom. The first-order valence-corrected chi connectivity index (χ1v) is 6.50. The number of amides is 1. The van der Waals surface area contributed by atoms with Crippen molar-refractivity contribution >= 4 is 11.6 Å². The van der Waals surface area contributed by atoms with E-state index in [4.69, 9.17) is 5.84 Å². The van der Waals surface area contributed by atoms with Crippen LogP contribution in [0.2, 0.25) is 0 Å². The van der Waals surface area contributed by atoms with Gasteiger partial charge in [0.25, 0.3) is 5.91 Å². The van der Waals surface area contributed by atoms with E-state index in [2.05, 4.69) is 17.7 Å². The molecule has 0 aliphatic heterocycles. The molecular formula is C14H21N3O. The average molecular weight is 247 g/mol. The van der Waals surface area contributed by atoms with Crippen LogP contribution in [-0.2, 0) is 0 Å². The molecule has 1 fully saturated rings. The summed E-state index contributed by atoms with van der Waals surface area (Å²) < 4.78 is 0. The summed E-state index contributed by atoms with van der Waals surface area (Å²) in [5, 5.41) is 3.06. The van der Waals surface area contributed by atoms with Gasteiger partial charge in [-0.3, -0.25) is 10.6 Å². The van der Waals surface area contributed by atoms with Gasteiger partial charge in [0, 0.05) is 6.04 Å². The van der Waals surface area contributed by atoms with E-state index in [-0.39, 0.29) is 11.9 Å². The molecule has 1 atom stereocenters. The molecule has 1 amide bonds. The second kappa shape index (κ2) is 5.40. The highest BCUT2D eigenvalue weighted by atomic mass is 16.1. The van der Waals surface area contributed by atoms with Gasteiger partial charge in [-0.05, 0) is 50.3 Å². The molecule has 0 saturated heterocycles. The van der Waals surface area contributed by atoms with E-state index in [1.54, 1.807) is 0 Å². The third-order valence-electron chi connectivity index (χ3n) is 3.79. The van der Waals surface area contributed by atoms with Crippen LogP contribution in [0.15, 0.2) is 18.2 Å². The van der Waals surface area contributed by atoms with E-state index in [0.717, 1.165) is 5.56 Å². The summed E-state index contributed by atoms with van der Waals surface area (Å²) in [6.45, 7) is 4.05. The van der Waals surface area contributed by atoms with Crippen LogP contribution in [0, 0.1) is 12.8 Å². The molecule has 0 bridgehead atoms. The molecule has 4 N–H and O–H groups in total. The molecule has 0 aromatic heterocycles. The summed E-state index contributed by atoms with van der Waals surface area (Å²) in [5.41, 5.74) is 4.94. The lowest BCUT2D eigenvalue weighted by Crippen LogP contribution is -2.41. The maximum Gasteiger partial charge on any atom is 0.253 e. The number of nitrogens with one attached hydrogen (secondary N) is 2. The fraction of sp³-hybridized carbons (Fsp3) is 0.500. The molecule has 0 radical (unpaired) electrons. The van der Waals surface area contributed by atoms with Crippen molar-refractivity contribution in [1.82, 2.24) is 5.32 Å². The lowest BCUT2D eigenvalue weighted by molar-refractivity contribution is 0.0910. The molecule has 1 saturated carbocycles. The number of rotatable bonds is 4. The predicted molar refractivity (Wildman–Crippen MR) is 73.3 cm³/mol. The van der Waals surface area contributed by atoms with Gasteiger partial charge in [0.2, 0.25) is 0 Å². The molecule has 1 aliphatic carbocycles. The summed E-state index contributed by atoms with van der Waals surface area (Å²) in [6.07, 6.45) is 3.72. The van der Waals surface area contributed by atoms with Gasteiger partial charge in [-0.25, -0.2) is 0 Å². The highest BCUT2D eigenvalue weighted by Gasteiger charge is 2.25. The highest BCUT2D eigenvalue weighted by Crippen LogP contribution is 2.29. The largest absolute Gasteiger partial charge is 0.349 e. The number of hydrazine groups is 1. The normalized spacial score (nSPS) is 16.8. The smallest absolute Gasteiger partial charge is 0.253 e. The number of carbonyl (C=O) groups excluding carboxylic acids is 1. The average Bonchev–Trinajstić information content (AvgIpc) is 2.25. The van der Waals surface area contributed by atoms with Gasteiger partial charge >= 0.3 is 0 Å². The van der Waals surface area contributed by atoms with Crippen molar-refractivity contribution in [2.75, 3.05) is 5.43 Å². The Balaban J connectivity index is 2.08. The Morgan fingerprint density at radius 2 is 2.17 bits per heavy atom. The molecule has 18 heavy (non-hydrogen) atoms. The van der Waals surface area contributed by atoms with Crippen LogP contribution in [0.1, 0.15) is 42.1 Å². The van der Waals surface area contributed by atoms with Gasteiger partial charge in [-0.15, -0.1) is 0 Å². The maximum absolute atomic E-state index is 12.2. The van der Waals surface area contributed by atoms with Crippen LogP contribution < -0.4 is 16.6 Å². The topological polar surface area (TPSA) is 67.2 Å². The zero-order valence-corrected chi connectivity index (χ0v) is 11.0. The first kappa shape index (κ1) is 12.9. The zero-order valence-electron chi connectivity index (χ0n) is 11.0. The summed E-state index contributed by atoms with van der Waals surface area (Å²) in [6, 6.07) is 5.85. The van der Waals surface area contributed by atoms with Gasteiger partial charge in [-0.2, -0.15) is 0 Å². The molecule has 98 valence electrons. The van der Waals surface area contributed by atoms with Gasteiger partial charge in [0.1, 0.15) is 0 Å². The third-order valence-corrected chi connectivity index (χ3v) is 3.79. The molecule has 0 spiro atoms. The molecule has 1 aromatic carbocycles. The monoisotopic (exact) mass is 247 g/mol. The minimum Gasteiger partial charge on any atom is -0.349 e. The van der Waals surface area contributed by atoms with E-state index >= 15 is 0 Å². The van der Waals surface area contributed by atoms with Crippen LogP contribution >= 0.6 is 0 Å². The van der Waals surface area contributed by atoms with E-state index in [9.17, 15) is 4.79 Å². The van der Waals surface area contributed by atoms with Crippen molar-refractivity contribution in [2.45, 2.75) is 39.2 Å². The van der Waals surface area contributed by atoms with Crippen molar-refractivity contribution in [3.63, 3.8) is 0 Å². The minimum atomic E-state index is -0.0534. The Kier molecular flexibility index (Phi) is 3.87. The van der Waals surface area contributed by atoms with E-state index in [1.807, 2.05) is 25.1 Å². The lowest BCUT2D eigenvalue weighted by Gasteiger charge is -2.32. The number of aryl methyl sites for hydroxylation is 1. The number of anilines is 1. The number of nitrogen functional groups attached to an aromatic ring is 1. The predicted octanol–water partition coefficient (Wildman–Crippen LogP) is 2.20. The maximum atomic E-state index is 12.2. The Bertz CT molecular complexity index is 441. The summed E-state index contributed by atoms with van der Waals surface area (Å²) in [4.78, 5) is 12.2. The molecular weight excluding hydrogens is 226 g/mol. The lowest BCUT2D eigenvalue weighted by atomic mass is 9.80. The van der Waals surface area contributed by atoms with Crippen LogP contribution in [-0.4, -0.2) is 11.9 Å². The van der Waals surface area contributed by atoms with Crippen LogP contribution in [0.4, 0.5) is 5.69 Å². The van der Waals surface area contributed by atoms with Crippen molar-refractivity contribution < 1.29 is 4.79 Å². The third kappa shape index (κ3) is 2.64. The number of hydrogen-bond acceptors (Lipinski definition) is 3. The Labute approximate surface area is 108 Å². The Hall–Kier alpha value is -1.55. The SMILES string of the molecule is Cc1ccc(C(=O)NC(C)C2CCC2)c(NN)c1. The van der Waals surface area contributed by atoms with Crippen LogP contribution in [0.25, 0.3) is 0 Å². The van der Waals surface area contributed by atoms with Crippen molar-refractivity contribution in [3.05, 3.63) is 29.3 Å². The number of hydrogen-bond donors (Lipinski definition) is 3. The van der Waals surface area contributed by atoms with Crippen molar-refractivity contribution in [3.8, 4) is 0 Å². The summed E-state index contributed by atoms with van der Waals surface area (Å²) in [7, 11) is 0. The van der Waals surface area contributed by atoms with E-state index < -0.39 is 0 Å². The molecule has 4 nitrogen and oxygen atoms in total. The summed E-state index contributed by atoms with van der Waals surface area (Å²) >= 11 is 0. The quantitative estimate of drug-likeness (QED) is 0.564. The fourth-order valence-electron chi connectivity index (χ4n) is 2.32. The number of nitrogens with two attached hydrogens (primary N) is 1. The van der Waals surface area contributed by atoms with Gasteiger partial charge in [0.05, 0.1) is 11.3 Å². The van der Waals surface area contributed by atoms with Gasteiger partial charge in [0.15, 0.2) is 0 Å². The fourth-order valence-corrected chi connectivity index (χ4v) is 2.32. The van der Waals surface area contributed by atoms with Crippen LogP contribution in [0.3, 0.4) is 0 Å². The molecule has 0 heterocycles. The second-order valence-corrected chi connectivity index (χ2v) is 5.15. The molecule has 1 unspecified atom stereocenters. The van der Waals surface area contributed by atoms with Crippen LogP contribution in [0.5, 0.6) is 0 Å². The van der Waals surface area contributed by atoms with E-state index in [0.29, 0.717) is 17.2 Å².